The average Bonchev–Trinajstić information content (AvgIpc) is 3.25. The van der Waals surface area contributed by atoms with Crippen molar-refractivity contribution in [2.75, 3.05) is 0 Å². The van der Waals surface area contributed by atoms with Crippen molar-refractivity contribution in [3.8, 4) is 0 Å². The van der Waals surface area contributed by atoms with Crippen molar-refractivity contribution in [1.82, 2.24) is 10.2 Å². The molecule has 3 unspecified atom stereocenters. The number of aryl methyl sites for hydroxylation is 1. The molecule has 1 heterocycles. The van der Waals surface area contributed by atoms with Crippen molar-refractivity contribution in [3.63, 3.8) is 0 Å². The molecule has 1 aromatic carbocycles. The van der Waals surface area contributed by atoms with Gasteiger partial charge in [-0.3, -0.25) is 10.1 Å². The summed E-state index contributed by atoms with van der Waals surface area (Å²) in [5.74, 6) is 1.08. The number of nitrogens with zero attached hydrogens (tertiary/aromatic N) is 1. The maximum absolute atomic E-state index is 12.5. The van der Waals surface area contributed by atoms with Crippen molar-refractivity contribution in [3.05, 3.63) is 35.4 Å². The topological polar surface area (TPSA) is 32.3 Å². The SMILES string of the molecule is CCc1ccc(C2NC(C)C(=O)N2C(C)CC2CC2)cc1. The number of hydrogen-bond donors (Lipinski definition) is 1. The first-order chi connectivity index (χ1) is 10.1. The lowest BCUT2D eigenvalue weighted by atomic mass is 10.1. The Morgan fingerprint density at radius 2 is 1.95 bits per heavy atom. The largest absolute Gasteiger partial charge is 0.319 e. The average molecular weight is 286 g/mol. The van der Waals surface area contributed by atoms with Crippen LogP contribution in [0.25, 0.3) is 0 Å². The third-order valence-corrected chi connectivity index (χ3v) is 4.86. The molecule has 3 heteroatoms. The first kappa shape index (κ1) is 14.6. The fraction of sp³-hybridized carbons (Fsp3) is 0.611. The number of carbonyl (C=O) groups excluding carboxylic acids is 1. The van der Waals surface area contributed by atoms with Crippen LogP contribution in [0, 0.1) is 5.92 Å². The van der Waals surface area contributed by atoms with E-state index in [4.69, 9.17) is 0 Å². The minimum Gasteiger partial charge on any atom is -0.319 e. The molecule has 1 saturated heterocycles. The van der Waals surface area contributed by atoms with Crippen molar-refractivity contribution < 1.29 is 4.79 Å². The lowest BCUT2D eigenvalue weighted by molar-refractivity contribution is -0.132. The summed E-state index contributed by atoms with van der Waals surface area (Å²) >= 11 is 0. The van der Waals surface area contributed by atoms with Crippen LogP contribution in [0.2, 0.25) is 0 Å². The maximum Gasteiger partial charge on any atom is 0.241 e. The Bertz CT molecular complexity index is 506. The third-order valence-electron chi connectivity index (χ3n) is 4.86. The highest BCUT2D eigenvalue weighted by atomic mass is 16.2. The Hall–Kier alpha value is -1.35. The molecule has 2 fully saturated rings. The molecule has 3 nitrogen and oxygen atoms in total. The Balaban J connectivity index is 1.81. The summed E-state index contributed by atoms with van der Waals surface area (Å²) < 4.78 is 0. The van der Waals surface area contributed by atoms with Crippen molar-refractivity contribution >= 4 is 5.91 Å². The van der Waals surface area contributed by atoms with E-state index in [1.165, 1.54) is 24.0 Å². The summed E-state index contributed by atoms with van der Waals surface area (Å²) in [7, 11) is 0. The smallest absolute Gasteiger partial charge is 0.241 e. The van der Waals surface area contributed by atoms with Gasteiger partial charge in [0.25, 0.3) is 0 Å². The lowest BCUT2D eigenvalue weighted by Gasteiger charge is -2.31. The van der Waals surface area contributed by atoms with Crippen LogP contribution in [0.5, 0.6) is 0 Å². The van der Waals surface area contributed by atoms with Gasteiger partial charge in [-0.2, -0.15) is 0 Å². The van der Waals surface area contributed by atoms with E-state index in [1.807, 2.05) is 6.92 Å². The highest BCUT2D eigenvalue weighted by Crippen LogP contribution is 2.37. The standard InChI is InChI=1S/C18H26N2O/c1-4-14-7-9-16(10-8-14)17-19-13(3)18(21)20(17)12(2)11-15-5-6-15/h7-10,12-13,15,17,19H,4-6,11H2,1-3H3. The fourth-order valence-corrected chi connectivity index (χ4v) is 3.35. The molecule has 21 heavy (non-hydrogen) atoms. The van der Waals surface area contributed by atoms with Crippen LogP contribution in [0.4, 0.5) is 0 Å². The van der Waals surface area contributed by atoms with Gasteiger partial charge in [0.2, 0.25) is 5.91 Å². The highest BCUT2D eigenvalue weighted by Gasteiger charge is 2.41. The molecule has 2 aliphatic rings. The Labute approximate surface area is 127 Å². The Kier molecular flexibility index (Phi) is 4.03. The normalized spacial score (nSPS) is 27.2. The van der Waals surface area contributed by atoms with Gasteiger partial charge in [0, 0.05) is 6.04 Å². The zero-order valence-corrected chi connectivity index (χ0v) is 13.3. The molecule has 1 saturated carbocycles. The van der Waals surface area contributed by atoms with E-state index in [0.717, 1.165) is 18.8 Å². The molecule has 1 aliphatic heterocycles. The van der Waals surface area contributed by atoms with Gasteiger partial charge in [-0.15, -0.1) is 0 Å². The fourth-order valence-electron chi connectivity index (χ4n) is 3.35. The number of benzene rings is 1. The first-order valence-corrected chi connectivity index (χ1v) is 8.27. The second-order valence-corrected chi connectivity index (χ2v) is 6.66. The molecule has 1 amide bonds. The van der Waals surface area contributed by atoms with E-state index in [2.05, 4.69) is 48.3 Å². The molecule has 3 rings (SSSR count). The molecular weight excluding hydrogens is 260 g/mol. The number of carbonyl (C=O) groups is 1. The summed E-state index contributed by atoms with van der Waals surface area (Å²) in [6, 6.07) is 8.92. The highest BCUT2D eigenvalue weighted by molar-refractivity contribution is 5.84. The molecule has 0 bridgehead atoms. The zero-order valence-electron chi connectivity index (χ0n) is 13.3. The summed E-state index contributed by atoms with van der Waals surface area (Å²) in [5.41, 5.74) is 2.54. The lowest BCUT2D eigenvalue weighted by Crippen LogP contribution is -2.38. The second-order valence-electron chi connectivity index (χ2n) is 6.66. The molecule has 1 N–H and O–H groups in total. The van der Waals surface area contributed by atoms with Crippen LogP contribution in [-0.2, 0) is 11.2 Å². The third kappa shape index (κ3) is 2.98. The van der Waals surface area contributed by atoms with E-state index in [-0.39, 0.29) is 18.1 Å². The first-order valence-electron chi connectivity index (χ1n) is 8.27. The van der Waals surface area contributed by atoms with E-state index < -0.39 is 0 Å². The van der Waals surface area contributed by atoms with Gasteiger partial charge in [-0.05, 0) is 43.7 Å². The Morgan fingerprint density at radius 1 is 1.29 bits per heavy atom. The monoisotopic (exact) mass is 286 g/mol. The van der Waals surface area contributed by atoms with Crippen molar-refractivity contribution in [2.24, 2.45) is 5.92 Å². The van der Waals surface area contributed by atoms with Gasteiger partial charge in [-0.1, -0.05) is 44.0 Å². The minimum atomic E-state index is -0.0810. The minimum absolute atomic E-state index is 0.0344. The van der Waals surface area contributed by atoms with Crippen LogP contribution in [0.3, 0.4) is 0 Å². The van der Waals surface area contributed by atoms with E-state index in [0.29, 0.717) is 6.04 Å². The Morgan fingerprint density at radius 3 is 2.52 bits per heavy atom. The van der Waals surface area contributed by atoms with Crippen LogP contribution in [0.1, 0.15) is 57.3 Å². The molecule has 114 valence electrons. The number of rotatable bonds is 5. The molecule has 0 radical (unpaired) electrons. The van der Waals surface area contributed by atoms with Gasteiger partial charge in [0.1, 0.15) is 6.17 Å². The van der Waals surface area contributed by atoms with Gasteiger partial charge in [0.15, 0.2) is 0 Å². The molecule has 1 aromatic rings. The van der Waals surface area contributed by atoms with Crippen molar-refractivity contribution in [1.29, 1.82) is 0 Å². The van der Waals surface area contributed by atoms with Crippen LogP contribution in [0.15, 0.2) is 24.3 Å². The zero-order chi connectivity index (χ0) is 15.0. The number of nitrogens with one attached hydrogen (secondary N) is 1. The maximum atomic E-state index is 12.5. The van der Waals surface area contributed by atoms with E-state index in [9.17, 15) is 4.79 Å². The molecule has 0 aromatic heterocycles. The summed E-state index contributed by atoms with van der Waals surface area (Å²) in [5, 5.41) is 3.46. The van der Waals surface area contributed by atoms with Crippen LogP contribution >= 0.6 is 0 Å². The van der Waals surface area contributed by atoms with Gasteiger partial charge in [0.05, 0.1) is 6.04 Å². The van der Waals surface area contributed by atoms with E-state index >= 15 is 0 Å². The molecule has 1 aliphatic carbocycles. The predicted molar refractivity (Wildman–Crippen MR) is 84.8 cm³/mol. The molecule has 3 atom stereocenters. The quantitative estimate of drug-likeness (QED) is 0.901. The second kappa shape index (κ2) is 5.80. The molecule has 0 spiro atoms. The predicted octanol–water partition coefficient (Wildman–Crippen LogP) is 3.26. The van der Waals surface area contributed by atoms with Crippen molar-refractivity contribution in [2.45, 2.75) is 64.7 Å². The summed E-state index contributed by atoms with van der Waals surface area (Å²) in [4.78, 5) is 14.6. The molecular formula is C18H26N2O. The van der Waals surface area contributed by atoms with Gasteiger partial charge in [-0.25, -0.2) is 0 Å². The number of amides is 1. The summed E-state index contributed by atoms with van der Waals surface area (Å²) in [6.45, 7) is 6.33. The van der Waals surface area contributed by atoms with Crippen LogP contribution < -0.4 is 5.32 Å². The van der Waals surface area contributed by atoms with E-state index in [1.54, 1.807) is 0 Å². The van der Waals surface area contributed by atoms with Gasteiger partial charge < -0.3 is 4.90 Å². The number of hydrogen-bond acceptors (Lipinski definition) is 2. The summed E-state index contributed by atoms with van der Waals surface area (Å²) in [6.07, 6.45) is 4.91. The van der Waals surface area contributed by atoms with Crippen LogP contribution in [-0.4, -0.2) is 22.9 Å². The van der Waals surface area contributed by atoms with Gasteiger partial charge >= 0.3 is 0 Å².